The van der Waals surface area contributed by atoms with Crippen LogP contribution in [0.1, 0.15) is 19.1 Å². The van der Waals surface area contributed by atoms with Gasteiger partial charge < -0.3 is 14.6 Å². The third kappa shape index (κ3) is 5.35. The SMILES string of the molecule is CC[C@@H](Oc1ccccc1)C(=O)Nc1ccc(S(=O)(=O)Nc2cc(C)on2)cc1. The molecule has 2 N–H and O–H groups in total. The molecule has 0 aliphatic carbocycles. The summed E-state index contributed by atoms with van der Waals surface area (Å²) in [6, 6.07) is 16.4. The highest BCUT2D eigenvalue weighted by atomic mass is 32.2. The molecule has 0 unspecified atom stereocenters. The predicted octanol–water partition coefficient (Wildman–Crippen LogP) is 3.58. The molecule has 1 aromatic heterocycles. The Balaban J connectivity index is 1.65. The second-order valence-electron chi connectivity index (χ2n) is 6.27. The van der Waals surface area contributed by atoms with Crippen molar-refractivity contribution in [3.8, 4) is 5.75 Å². The molecule has 1 heterocycles. The minimum atomic E-state index is -3.82. The lowest BCUT2D eigenvalue weighted by Gasteiger charge is -2.17. The standard InChI is InChI=1S/C20H21N3O5S/c1-3-18(27-16-7-5-4-6-8-16)20(24)21-15-9-11-17(12-10-15)29(25,26)23-19-13-14(2)28-22-19/h4-13,18H,3H2,1-2H3,(H,21,24)(H,22,23)/t18-/m1/s1. The number of aromatic nitrogens is 1. The molecule has 2 aromatic carbocycles. The Hall–Kier alpha value is -3.33. The smallest absolute Gasteiger partial charge is 0.265 e. The lowest BCUT2D eigenvalue weighted by molar-refractivity contribution is -0.122. The normalized spacial score (nSPS) is 12.2. The molecule has 8 nitrogen and oxygen atoms in total. The first-order valence-corrected chi connectivity index (χ1v) is 10.4. The molecule has 0 radical (unpaired) electrons. The summed E-state index contributed by atoms with van der Waals surface area (Å²) in [4.78, 5) is 12.5. The van der Waals surface area contributed by atoms with Gasteiger partial charge in [-0.1, -0.05) is 30.3 Å². The van der Waals surface area contributed by atoms with Crippen LogP contribution in [0.4, 0.5) is 11.5 Å². The van der Waals surface area contributed by atoms with E-state index in [9.17, 15) is 13.2 Å². The lowest BCUT2D eigenvalue weighted by atomic mass is 10.2. The van der Waals surface area contributed by atoms with Crippen molar-refractivity contribution in [3.05, 3.63) is 66.4 Å². The van der Waals surface area contributed by atoms with Gasteiger partial charge in [-0.05, 0) is 49.7 Å². The maximum absolute atomic E-state index is 12.5. The molecule has 0 saturated carbocycles. The van der Waals surface area contributed by atoms with Gasteiger partial charge in [-0.25, -0.2) is 8.42 Å². The highest BCUT2D eigenvalue weighted by Gasteiger charge is 2.20. The highest BCUT2D eigenvalue weighted by Crippen LogP contribution is 2.19. The van der Waals surface area contributed by atoms with Gasteiger partial charge in [0, 0.05) is 11.8 Å². The Kier molecular flexibility index (Phi) is 6.18. The van der Waals surface area contributed by atoms with E-state index >= 15 is 0 Å². The number of aryl methyl sites for hydroxylation is 1. The molecule has 152 valence electrons. The Morgan fingerprint density at radius 3 is 2.41 bits per heavy atom. The Morgan fingerprint density at radius 1 is 1.14 bits per heavy atom. The van der Waals surface area contributed by atoms with Gasteiger partial charge in [0.25, 0.3) is 15.9 Å². The summed E-state index contributed by atoms with van der Waals surface area (Å²) in [6.07, 6.45) is -0.188. The van der Waals surface area contributed by atoms with Crippen LogP contribution in [0.25, 0.3) is 0 Å². The summed E-state index contributed by atoms with van der Waals surface area (Å²) in [6.45, 7) is 3.51. The van der Waals surface area contributed by atoms with Gasteiger partial charge in [-0.15, -0.1) is 0 Å². The third-order valence-electron chi connectivity index (χ3n) is 3.98. The average Bonchev–Trinajstić information content (AvgIpc) is 3.11. The number of hydrogen-bond donors (Lipinski definition) is 2. The molecule has 0 saturated heterocycles. The van der Waals surface area contributed by atoms with Crippen LogP contribution < -0.4 is 14.8 Å². The van der Waals surface area contributed by atoms with Crippen molar-refractivity contribution in [2.45, 2.75) is 31.3 Å². The molecule has 3 rings (SSSR count). The van der Waals surface area contributed by atoms with Crippen LogP contribution in [-0.2, 0) is 14.8 Å². The number of amides is 1. The number of anilines is 2. The van der Waals surface area contributed by atoms with Crippen molar-refractivity contribution in [3.63, 3.8) is 0 Å². The fourth-order valence-corrected chi connectivity index (χ4v) is 3.52. The van der Waals surface area contributed by atoms with Crippen LogP contribution in [0.2, 0.25) is 0 Å². The number of benzene rings is 2. The number of rotatable bonds is 8. The van der Waals surface area contributed by atoms with Crippen molar-refractivity contribution >= 4 is 27.4 Å². The number of sulfonamides is 1. The third-order valence-corrected chi connectivity index (χ3v) is 5.35. The molecule has 0 aliphatic heterocycles. The van der Waals surface area contributed by atoms with E-state index in [2.05, 4.69) is 15.2 Å². The first-order chi connectivity index (χ1) is 13.9. The number of para-hydroxylation sites is 1. The second-order valence-corrected chi connectivity index (χ2v) is 7.95. The maximum atomic E-state index is 12.5. The minimum Gasteiger partial charge on any atom is -0.481 e. The van der Waals surface area contributed by atoms with Crippen LogP contribution >= 0.6 is 0 Å². The predicted molar refractivity (Wildman–Crippen MR) is 108 cm³/mol. The molecule has 1 amide bonds. The maximum Gasteiger partial charge on any atom is 0.265 e. The minimum absolute atomic E-state index is 0.0312. The van der Waals surface area contributed by atoms with Gasteiger partial charge in [0.1, 0.15) is 11.5 Å². The fraction of sp³-hybridized carbons (Fsp3) is 0.200. The number of hydrogen-bond acceptors (Lipinski definition) is 6. The second kappa shape index (κ2) is 8.78. The zero-order chi connectivity index (χ0) is 20.9. The Morgan fingerprint density at radius 2 is 1.83 bits per heavy atom. The van der Waals surface area contributed by atoms with Crippen molar-refractivity contribution in [2.75, 3.05) is 10.0 Å². The molecule has 0 bridgehead atoms. The monoisotopic (exact) mass is 415 g/mol. The van der Waals surface area contributed by atoms with Gasteiger partial charge in [0.15, 0.2) is 11.9 Å². The van der Waals surface area contributed by atoms with Crippen LogP contribution in [0.3, 0.4) is 0 Å². The average molecular weight is 415 g/mol. The number of ether oxygens (including phenoxy) is 1. The van der Waals surface area contributed by atoms with Crippen molar-refractivity contribution in [1.29, 1.82) is 0 Å². The van der Waals surface area contributed by atoms with Crippen molar-refractivity contribution in [2.24, 2.45) is 0 Å². The van der Waals surface area contributed by atoms with E-state index in [0.717, 1.165) is 0 Å². The van der Waals surface area contributed by atoms with E-state index in [-0.39, 0.29) is 16.6 Å². The first kappa shape index (κ1) is 20.4. The van der Waals surface area contributed by atoms with Crippen LogP contribution in [-0.4, -0.2) is 25.6 Å². The molecule has 1 atom stereocenters. The largest absolute Gasteiger partial charge is 0.481 e. The molecule has 0 spiro atoms. The molecule has 0 fully saturated rings. The van der Waals surface area contributed by atoms with E-state index in [4.69, 9.17) is 9.26 Å². The Labute approximate surface area is 168 Å². The van der Waals surface area contributed by atoms with Gasteiger partial charge in [0.2, 0.25) is 0 Å². The Bertz CT molecular complexity index is 1060. The van der Waals surface area contributed by atoms with Crippen molar-refractivity contribution in [1.82, 2.24) is 5.16 Å². The molecule has 29 heavy (non-hydrogen) atoms. The van der Waals surface area contributed by atoms with Gasteiger partial charge in [-0.3, -0.25) is 9.52 Å². The van der Waals surface area contributed by atoms with Crippen LogP contribution in [0.5, 0.6) is 5.75 Å². The summed E-state index contributed by atoms with van der Waals surface area (Å²) >= 11 is 0. The zero-order valence-electron chi connectivity index (χ0n) is 16.0. The van der Waals surface area contributed by atoms with Crippen molar-refractivity contribution < 1.29 is 22.5 Å². The number of nitrogens with zero attached hydrogens (tertiary/aromatic N) is 1. The van der Waals surface area contributed by atoms with E-state index in [1.807, 2.05) is 25.1 Å². The molecular weight excluding hydrogens is 394 g/mol. The fourth-order valence-electron chi connectivity index (χ4n) is 2.54. The number of nitrogens with one attached hydrogen (secondary N) is 2. The number of carbonyl (C=O) groups excluding carboxylic acids is 1. The van der Waals surface area contributed by atoms with E-state index in [0.29, 0.717) is 23.6 Å². The van der Waals surface area contributed by atoms with Gasteiger partial charge in [-0.2, -0.15) is 0 Å². The summed E-state index contributed by atoms with van der Waals surface area (Å²) in [5.74, 6) is 0.876. The summed E-state index contributed by atoms with van der Waals surface area (Å²) < 4.78 is 37.7. The quantitative estimate of drug-likeness (QED) is 0.582. The summed E-state index contributed by atoms with van der Waals surface area (Å²) in [7, 11) is -3.82. The topological polar surface area (TPSA) is 111 Å². The van der Waals surface area contributed by atoms with Gasteiger partial charge >= 0.3 is 0 Å². The summed E-state index contributed by atoms with van der Waals surface area (Å²) in [5, 5.41) is 6.35. The van der Waals surface area contributed by atoms with Gasteiger partial charge in [0.05, 0.1) is 4.90 Å². The van der Waals surface area contributed by atoms with E-state index in [1.54, 1.807) is 19.1 Å². The molecular formula is C20H21N3O5S. The molecule has 3 aromatic rings. The highest BCUT2D eigenvalue weighted by molar-refractivity contribution is 7.92. The van der Waals surface area contributed by atoms with E-state index < -0.39 is 16.1 Å². The molecule has 9 heteroatoms. The van der Waals surface area contributed by atoms with Crippen LogP contribution in [0.15, 0.2) is 70.1 Å². The number of carbonyl (C=O) groups is 1. The molecule has 0 aliphatic rings. The summed E-state index contributed by atoms with van der Waals surface area (Å²) in [5.41, 5.74) is 0.460. The zero-order valence-corrected chi connectivity index (χ0v) is 16.8. The lowest BCUT2D eigenvalue weighted by Crippen LogP contribution is -2.32. The van der Waals surface area contributed by atoms with Crippen LogP contribution in [0, 0.1) is 6.92 Å². The van der Waals surface area contributed by atoms with E-state index in [1.165, 1.54) is 30.3 Å². The first-order valence-electron chi connectivity index (χ1n) is 8.96.